The van der Waals surface area contributed by atoms with Crippen LogP contribution in [-0.2, 0) is 0 Å². The van der Waals surface area contributed by atoms with Crippen molar-refractivity contribution in [1.29, 1.82) is 0 Å². The predicted molar refractivity (Wildman–Crippen MR) is 101 cm³/mol. The van der Waals surface area contributed by atoms with E-state index in [4.69, 9.17) is 4.74 Å². The number of rotatable bonds is 4. The van der Waals surface area contributed by atoms with E-state index >= 15 is 0 Å². The quantitative estimate of drug-likeness (QED) is 0.900. The molecule has 0 spiro atoms. The highest BCUT2D eigenvalue weighted by molar-refractivity contribution is 7.12. The Morgan fingerprint density at radius 2 is 2.12 bits per heavy atom. The average Bonchev–Trinajstić information content (AvgIpc) is 3.37. The second kappa shape index (κ2) is 6.76. The largest absolute Gasteiger partial charge is 0.497 e. The molecule has 1 saturated carbocycles. The molecule has 26 heavy (non-hydrogen) atoms. The van der Waals surface area contributed by atoms with Gasteiger partial charge in [-0.25, -0.2) is 0 Å². The van der Waals surface area contributed by atoms with Crippen LogP contribution < -0.4 is 10.1 Å². The van der Waals surface area contributed by atoms with Crippen LogP contribution in [0.15, 0.2) is 35.7 Å². The Balaban J connectivity index is 1.50. The fourth-order valence-electron chi connectivity index (χ4n) is 4.22. The van der Waals surface area contributed by atoms with Crippen molar-refractivity contribution in [3.63, 3.8) is 0 Å². The molecule has 2 bridgehead atoms. The van der Waals surface area contributed by atoms with E-state index in [1.54, 1.807) is 7.11 Å². The van der Waals surface area contributed by atoms with Gasteiger partial charge in [-0.3, -0.25) is 9.59 Å². The van der Waals surface area contributed by atoms with Gasteiger partial charge in [0.1, 0.15) is 5.75 Å². The van der Waals surface area contributed by atoms with Crippen LogP contribution in [0.3, 0.4) is 0 Å². The van der Waals surface area contributed by atoms with Crippen molar-refractivity contribution < 1.29 is 14.3 Å². The van der Waals surface area contributed by atoms with Gasteiger partial charge in [0.25, 0.3) is 11.8 Å². The van der Waals surface area contributed by atoms with Crippen LogP contribution in [0.4, 0.5) is 0 Å². The van der Waals surface area contributed by atoms with Crippen LogP contribution in [0.25, 0.3) is 0 Å². The maximum Gasteiger partial charge on any atom is 0.261 e. The van der Waals surface area contributed by atoms with Crippen molar-refractivity contribution in [1.82, 2.24) is 10.2 Å². The number of nitrogens with zero attached hydrogens (tertiary/aromatic N) is 1. The molecule has 3 atom stereocenters. The maximum atomic E-state index is 13.1. The molecule has 1 saturated heterocycles. The number of ether oxygens (including phenoxy) is 1. The van der Waals surface area contributed by atoms with E-state index in [-0.39, 0.29) is 23.9 Å². The van der Waals surface area contributed by atoms with Gasteiger partial charge in [-0.15, -0.1) is 11.3 Å². The normalized spacial score (nSPS) is 23.9. The first kappa shape index (κ1) is 17.1. The number of likely N-dealkylation sites (tertiary alicyclic amines) is 1. The average molecular weight is 370 g/mol. The topological polar surface area (TPSA) is 58.6 Å². The van der Waals surface area contributed by atoms with E-state index in [0.717, 1.165) is 35.6 Å². The molecule has 0 unspecified atom stereocenters. The lowest BCUT2D eigenvalue weighted by molar-refractivity contribution is 0.0648. The third kappa shape index (κ3) is 2.98. The van der Waals surface area contributed by atoms with Crippen molar-refractivity contribution >= 4 is 23.2 Å². The molecule has 1 aromatic heterocycles. The predicted octanol–water partition coefficient (Wildman–Crippen LogP) is 3.10. The van der Waals surface area contributed by atoms with E-state index in [2.05, 4.69) is 5.32 Å². The molecule has 1 N–H and O–H groups in total. The molecule has 0 radical (unpaired) electrons. The van der Waals surface area contributed by atoms with E-state index < -0.39 is 0 Å². The minimum atomic E-state index is -0.0365. The van der Waals surface area contributed by atoms with Gasteiger partial charge in [-0.05, 0) is 60.9 Å². The first-order chi connectivity index (χ1) is 12.6. The third-order valence-corrected chi connectivity index (χ3v) is 6.34. The molecule has 136 valence electrons. The minimum Gasteiger partial charge on any atom is -0.497 e. The summed E-state index contributed by atoms with van der Waals surface area (Å²) in [6.07, 6.45) is 1.92. The van der Waals surface area contributed by atoms with E-state index in [0.29, 0.717) is 11.5 Å². The van der Waals surface area contributed by atoms with Gasteiger partial charge in [-0.2, -0.15) is 0 Å². The molecule has 4 rings (SSSR count). The first-order valence-corrected chi connectivity index (χ1v) is 9.74. The first-order valence-electron chi connectivity index (χ1n) is 8.87. The smallest absolute Gasteiger partial charge is 0.261 e. The molecule has 6 heteroatoms. The number of nitrogens with one attached hydrogen (secondary N) is 1. The van der Waals surface area contributed by atoms with Gasteiger partial charge in [0.15, 0.2) is 0 Å². The number of aryl methyl sites for hydroxylation is 1. The highest BCUT2D eigenvalue weighted by atomic mass is 32.1. The molecule has 1 aliphatic heterocycles. The lowest BCUT2D eigenvalue weighted by atomic mass is 10.0. The lowest BCUT2D eigenvalue weighted by Crippen LogP contribution is -2.52. The summed E-state index contributed by atoms with van der Waals surface area (Å²) < 4.78 is 5.23. The van der Waals surface area contributed by atoms with Gasteiger partial charge in [0.2, 0.25) is 0 Å². The summed E-state index contributed by atoms with van der Waals surface area (Å²) in [6, 6.07) is 9.37. The highest BCUT2D eigenvalue weighted by Crippen LogP contribution is 2.39. The number of thiophene rings is 1. The summed E-state index contributed by atoms with van der Waals surface area (Å²) in [4.78, 5) is 28.1. The summed E-state index contributed by atoms with van der Waals surface area (Å²) in [7, 11) is 1.62. The van der Waals surface area contributed by atoms with Crippen molar-refractivity contribution in [3.05, 3.63) is 51.7 Å². The zero-order chi connectivity index (χ0) is 18.3. The summed E-state index contributed by atoms with van der Waals surface area (Å²) >= 11 is 1.44. The third-order valence-electron chi connectivity index (χ3n) is 5.47. The van der Waals surface area contributed by atoms with Crippen LogP contribution in [0, 0.1) is 12.8 Å². The van der Waals surface area contributed by atoms with Gasteiger partial charge < -0.3 is 15.0 Å². The number of methoxy groups -OCH3 is 1. The minimum absolute atomic E-state index is 0.0332. The van der Waals surface area contributed by atoms with Crippen molar-refractivity contribution in [2.24, 2.45) is 5.92 Å². The Kier molecular flexibility index (Phi) is 4.44. The molecule has 1 aromatic carbocycles. The standard InChI is InChI=1S/C20H22N2O3S/c1-12-8-14(25-2)5-6-15(12)20(24)22-11-13-9-16(17(22)10-13)21-19(23)18-4-3-7-26-18/h3-8,13,16-17H,9-11H2,1-2H3,(H,21,23)/t13-,16+,17-/m1/s1. The van der Waals surface area contributed by atoms with Gasteiger partial charge in [-0.1, -0.05) is 6.07 Å². The monoisotopic (exact) mass is 370 g/mol. The van der Waals surface area contributed by atoms with Crippen LogP contribution in [-0.4, -0.2) is 42.5 Å². The number of piperidine rings is 1. The van der Waals surface area contributed by atoms with Crippen LogP contribution in [0.5, 0.6) is 5.75 Å². The number of hydrogen-bond donors (Lipinski definition) is 1. The van der Waals surface area contributed by atoms with Gasteiger partial charge >= 0.3 is 0 Å². The molecule has 2 amide bonds. The summed E-state index contributed by atoms with van der Waals surface area (Å²) in [6.45, 7) is 2.71. The molecule has 2 aliphatic rings. The van der Waals surface area contributed by atoms with Gasteiger partial charge in [0.05, 0.1) is 18.0 Å². The van der Waals surface area contributed by atoms with Crippen LogP contribution in [0.2, 0.25) is 0 Å². The second-order valence-electron chi connectivity index (χ2n) is 7.10. The molecular formula is C20H22N2O3S. The Bertz CT molecular complexity index is 834. The molecular weight excluding hydrogens is 348 g/mol. The summed E-state index contributed by atoms with van der Waals surface area (Å²) in [5.74, 6) is 1.23. The summed E-state index contributed by atoms with van der Waals surface area (Å²) in [5, 5.41) is 5.04. The fraction of sp³-hybridized carbons (Fsp3) is 0.400. The van der Waals surface area contributed by atoms with Crippen LogP contribution >= 0.6 is 11.3 Å². The molecule has 2 heterocycles. The lowest BCUT2D eigenvalue weighted by Gasteiger charge is -2.34. The van der Waals surface area contributed by atoms with Gasteiger partial charge in [0, 0.05) is 18.2 Å². The highest BCUT2D eigenvalue weighted by Gasteiger charge is 2.47. The van der Waals surface area contributed by atoms with Crippen LogP contribution in [0.1, 0.15) is 38.4 Å². The number of benzene rings is 1. The molecule has 2 aromatic rings. The van der Waals surface area contributed by atoms with Crippen molar-refractivity contribution in [3.8, 4) is 5.75 Å². The fourth-order valence-corrected chi connectivity index (χ4v) is 4.85. The molecule has 1 aliphatic carbocycles. The van der Waals surface area contributed by atoms with E-state index in [1.165, 1.54) is 11.3 Å². The SMILES string of the molecule is COc1ccc(C(=O)N2C[C@@H]3C[C@H](NC(=O)c4cccs4)[C@H]2C3)c(C)c1. The number of amides is 2. The molecule has 2 fully saturated rings. The zero-order valence-electron chi connectivity index (χ0n) is 14.9. The van der Waals surface area contributed by atoms with E-state index in [9.17, 15) is 9.59 Å². The van der Waals surface area contributed by atoms with E-state index in [1.807, 2.05) is 47.5 Å². The Hall–Kier alpha value is -2.34. The Morgan fingerprint density at radius 3 is 2.77 bits per heavy atom. The Morgan fingerprint density at radius 1 is 1.27 bits per heavy atom. The number of carbonyl (C=O) groups is 2. The number of hydrogen-bond acceptors (Lipinski definition) is 4. The Labute approximate surface area is 157 Å². The summed E-state index contributed by atoms with van der Waals surface area (Å²) in [5.41, 5.74) is 1.62. The van der Waals surface area contributed by atoms with Crippen molar-refractivity contribution in [2.75, 3.05) is 13.7 Å². The second-order valence-corrected chi connectivity index (χ2v) is 8.05. The number of carbonyl (C=O) groups excluding carboxylic acids is 2. The molecule has 5 nitrogen and oxygen atoms in total. The maximum absolute atomic E-state index is 13.1. The number of fused-ring (bicyclic) bond motifs is 2. The zero-order valence-corrected chi connectivity index (χ0v) is 15.7. The van der Waals surface area contributed by atoms with Crippen molar-refractivity contribution in [2.45, 2.75) is 31.8 Å².